The number of hydrogen-bond acceptors (Lipinski definition) is 5. The molecule has 7 heteroatoms. The average molecular weight is 449 g/mol. The zero-order valence-electron chi connectivity index (χ0n) is 19.2. The fourth-order valence-electron chi connectivity index (χ4n) is 3.98. The zero-order valence-corrected chi connectivity index (χ0v) is 19.2. The van der Waals surface area contributed by atoms with E-state index >= 15 is 0 Å². The van der Waals surface area contributed by atoms with E-state index in [4.69, 9.17) is 4.98 Å². The summed E-state index contributed by atoms with van der Waals surface area (Å²) in [5.41, 5.74) is 5.45. The van der Waals surface area contributed by atoms with Crippen molar-refractivity contribution in [3.8, 4) is 11.3 Å². The summed E-state index contributed by atoms with van der Waals surface area (Å²) in [6, 6.07) is 23.8. The number of hydrogen-bond donors (Lipinski definition) is 2. The van der Waals surface area contributed by atoms with E-state index in [9.17, 15) is 4.79 Å². The highest BCUT2D eigenvalue weighted by Gasteiger charge is 2.17. The number of aromatic nitrogens is 4. The number of carbonyl (C=O) groups excluding carboxylic acids is 1. The third kappa shape index (κ3) is 4.11. The number of carbonyl (C=O) groups is 1. The topological polar surface area (TPSA) is 84.7 Å². The number of para-hydroxylation sites is 2. The standard InChI is InChI=1S/C27H24N6O/c1-17-10-9-11-18(2)23(17)31-26(34)25-29-22(16-33(25)3)30-27-28-21-15-8-7-14-20(21)24(32-27)19-12-5-4-6-13-19/h4-16H,1-3H3,(H,31,34)(H,28,30,32). The molecule has 5 aromatic rings. The maximum atomic E-state index is 13.0. The number of anilines is 3. The van der Waals surface area contributed by atoms with Crippen LogP contribution in [-0.4, -0.2) is 25.4 Å². The Bertz CT molecular complexity index is 1490. The molecule has 2 N–H and O–H groups in total. The molecule has 2 heterocycles. The first kappa shape index (κ1) is 21.3. The van der Waals surface area contributed by atoms with Crippen LogP contribution in [0.15, 0.2) is 79.0 Å². The smallest absolute Gasteiger partial charge is 0.291 e. The van der Waals surface area contributed by atoms with E-state index in [1.54, 1.807) is 17.8 Å². The van der Waals surface area contributed by atoms with Crippen molar-refractivity contribution in [3.05, 3.63) is 95.9 Å². The van der Waals surface area contributed by atoms with E-state index in [0.717, 1.165) is 39.0 Å². The van der Waals surface area contributed by atoms with Crippen molar-refractivity contribution in [1.82, 2.24) is 19.5 Å². The second-order valence-electron chi connectivity index (χ2n) is 8.19. The van der Waals surface area contributed by atoms with Gasteiger partial charge in [0.25, 0.3) is 5.91 Å². The first-order chi connectivity index (χ1) is 16.5. The Morgan fingerprint density at radius 1 is 0.824 bits per heavy atom. The molecule has 0 aliphatic heterocycles. The SMILES string of the molecule is Cc1cccc(C)c1NC(=O)c1nc(Nc2nc(-c3ccccc3)c3ccccc3n2)cn1C. The van der Waals surface area contributed by atoms with Crippen molar-refractivity contribution in [2.45, 2.75) is 13.8 Å². The van der Waals surface area contributed by atoms with Gasteiger partial charge in [-0.2, -0.15) is 0 Å². The van der Waals surface area contributed by atoms with Gasteiger partial charge in [-0.1, -0.05) is 66.7 Å². The van der Waals surface area contributed by atoms with E-state index in [-0.39, 0.29) is 11.7 Å². The second-order valence-corrected chi connectivity index (χ2v) is 8.19. The van der Waals surface area contributed by atoms with E-state index in [1.165, 1.54) is 0 Å². The number of fused-ring (bicyclic) bond motifs is 1. The first-order valence-corrected chi connectivity index (χ1v) is 11.0. The Labute approximate surface area is 197 Å². The first-order valence-electron chi connectivity index (χ1n) is 11.0. The van der Waals surface area contributed by atoms with Crippen LogP contribution in [0.4, 0.5) is 17.5 Å². The van der Waals surface area contributed by atoms with Crippen molar-refractivity contribution in [2.24, 2.45) is 7.05 Å². The largest absolute Gasteiger partial charge is 0.328 e. The maximum absolute atomic E-state index is 13.0. The van der Waals surface area contributed by atoms with Crippen LogP contribution in [-0.2, 0) is 7.05 Å². The highest BCUT2D eigenvalue weighted by Crippen LogP contribution is 2.28. The van der Waals surface area contributed by atoms with Gasteiger partial charge in [0.2, 0.25) is 11.8 Å². The minimum atomic E-state index is -0.280. The molecule has 34 heavy (non-hydrogen) atoms. The molecule has 3 aromatic carbocycles. The molecule has 0 aliphatic carbocycles. The maximum Gasteiger partial charge on any atom is 0.291 e. The van der Waals surface area contributed by atoms with Crippen LogP contribution < -0.4 is 10.6 Å². The molecular weight excluding hydrogens is 424 g/mol. The molecule has 0 atom stereocenters. The van der Waals surface area contributed by atoms with Gasteiger partial charge in [0.1, 0.15) is 0 Å². The van der Waals surface area contributed by atoms with Crippen LogP contribution in [0.5, 0.6) is 0 Å². The van der Waals surface area contributed by atoms with Crippen LogP contribution in [0, 0.1) is 13.8 Å². The Morgan fingerprint density at radius 3 is 2.29 bits per heavy atom. The van der Waals surface area contributed by atoms with E-state index < -0.39 is 0 Å². The molecule has 0 fully saturated rings. The van der Waals surface area contributed by atoms with Crippen LogP contribution >= 0.6 is 0 Å². The zero-order chi connectivity index (χ0) is 23.7. The highest BCUT2D eigenvalue weighted by molar-refractivity contribution is 6.03. The van der Waals surface area contributed by atoms with E-state index in [0.29, 0.717) is 11.8 Å². The van der Waals surface area contributed by atoms with Gasteiger partial charge in [-0.15, -0.1) is 0 Å². The summed E-state index contributed by atoms with van der Waals surface area (Å²) in [6.07, 6.45) is 1.75. The monoisotopic (exact) mass is 448 g/mol. The second kappa shape index (κ2) is 8.78. The summed E-state index contributed by atoms with van der Waals surface area (Å²) >= 11 is 0. The Kier molecular flexibility index (Phi) is 5.51. The Balaban J connectivity index is 1.46. The lowest BCUT2D eigenvalue weighted by atomic mass is 10.1. The van der Waals surface area contributed by atoms with Crippen LogP contribution in [0.1, 0.15) is 21.7 Å². The lowest BCUT2D eigenvalue weighted by Gasteiger charge is -2.11. The molecule has 0 spiro atoms. The molecule has 0 saturated heterocycles. The number of benzene rings is 3. The fraction of sp³-hybridized carbons (Fsp3) is 0.111. The number of nitrogens with one attached hydrogen (secondary N) is 2. The number of amides is 1. The van der Waals surface area contributed by atoms with Gasteiger partial charge >= 0.3 is 0 Å². The summed E-state index contributed by atoms with van der Waals surface area (Å²) in [5.74, 6) is 0.910. The number of imidazole rings is 1. The van der Waals surface area contributed by atoms with Crippen molar-refractivity contribution in [3.63, 3.8) is 0 Å². The normalized spacial score (nSPS) is 10.9. The fourth-order valence-corrected chi connectivity index (χ4v) is 3.98. The summed E-state index contributed by atoms with van der Waals surface area (Å²) in [4.78, 5) is 26.9. The van der Waals surface area contributed by atoms with Crippen molar-refractivity contribution >= 4 is 34.3 Å². The minimum absolute atomic E-state index is 0.280. The van der Waals surface area contributed by atoms with Gasteiger partial charge < -0.3 is 15.2 Å². The van der Waals surface area contributed by atoms with Crippen molar-refractivity contribution in [1.29, 1.82) is 0 Å². The van der Waals surface area contributed by atoms with Gasteiger partial charge in [-0.25, -0.2) is 15.0 Å². The van der Waals surface area contributed by atoms with Crippen molar-refractivity contribution < 1.29 is 4.79 Å². The van der Waals surface area contributed by atoms with Gasteiger partial charge in [-0.3, -0.25) is 4.79 Å². The van der Waals surface area contributed by atoms with Gasteiger partial charge in [0, 0.05) is 29.9 Å². The number of rotatable bonds is 5. The quantitative estimate of drug-likeness (QED) is 0.363. The minimum Gasteiger partial charge on any atom is -0.328 e. The van der Waals surface area contributed by atoms with Gasteiger partial charge in [-0.05, 0) is 31.0 Å². The predicted octanol–water partition coefficient (Wildman–Crippen LogP) is 5.64. The molecule has 168 valence electrons. The molecule has 7 nitrogen and oxygen atoms in total. The summed E-state index contributed by atoms with van der Waals surface area (Å²) in [6.45, 7) is 3.94. The number of aryl methyl sites for hydroxylation is 3. The summed E-state index contributed by atoms with van der Waals surface area (Å²) in [5, 5.41) is 7.13. The lowest BCUT2D eigenvalue weighted by Crippen LogP contribution is -2.18. The van der Waals surface area contributed by atoms with E-state index in [2.05, 4.69) is 20.6 Å². The molecule has 2 aromatic heterocycles. The Hall–Kier alpha value is -4.52. The summed E-state index contributed by atoms with van der Waals surface area (Å²) < 4.78 is 1.68. The molecule has 0 aliphatic rings. The summed E-state index contributed by atoms with van der Waals surface area (Å²) in [7, 11) is 1.79. The molecule has 0 saturated carbocycles. The third-order valence-corrected chi connectivity index (χ3v) is 5.69. The van der Waals surface area contributed by atoms with Crippen molar-refractivity contribution in [2.75, 3.05) is 10.6 Å². The van der Waals surface area contributed by atoms with Gasteiger partial charge in [0.05, 0.1) is 11.2 Å². The molecule has 5 rings (SSSR count). The van der Waals surface area contributed by atoms with E-state index in [1.807, 2.05) is 86.6 Å². The molecule has 1 amide bonds. The third-order valence-electron chi connectivity index (χ3n) is 5.69. The average Bonchev–Trinajstić information content (AvgIpc) is 3.21. The molecule has 0 bridgehead atoms. The lowest BCUT2D eigenvalue weighted by molar-refractivity contribution is 0.101. The number of nitrogens with zero attached hydrogens (tertiary/aromatic N) is 4. The molecule has 0 radical (unpaired) electrons. The predicted molar refractivity (Wildman–Crippen MR) is 135 cm³/mol. The molecular formula is C27H24N6O. The highest BCUT2D eigenvalue weighted by atomic mass is 16.2. The van der Waals surface area contributed by atoms with Crippen LogP contribution in [0.25, 0.3) is 22.2 Å². The van der Waals surface area contributed by atoms with Crippen LogP contribution in [0.3, 0.4) is 0 Å². The molecule has 0 unspecified atom stereocenters. The Morgan fingerprint density at radius 2 is 1.53 bits per heavy atom. The van der Waals surface area contributed by atoms with Gasteiger partial charge in [0.15, 0.2) is 5.82 Å². The van der Waals surface area contributed by atoms with Crippen LogP contribution in [0.2, 0.25) is 0 Å².